The number of H-pyrrole nitrogens is 1. The first-order valence-corrected chi connectivity index (χ1v) is 4.92. The molecule has 92 valence electrons. The van der Waals surface area contributed by atoms with E-state index in [0.717, 1.165) is 12.1 Å². The molecule has 0 atom stereocenters. The number of carboxylic acid groups (broad SMARTS) is 1. The SMILES string of the molecule is O=C(O)c1cc(NC(=O)c2ccccc2F)n[nH]1. The molecule has 1 heterocycles. The molecule has 0 spiro atoms. The van der Waals surface area contributed by atoms with Gasteiger partial charge in [-0.1, -0.05) is 12.1 Å². The van der Waals surface area contributed by atoms with Gasteiger partial charge in [-0.3, -0.25) is 9.89 Å². The third kappa shape index (κ3) is 2.34. The molecule has 6 nitrogen and oxygen atoms in total. The predicted octanol–water partition coefficient (Wildman–Crippen LogP) is 1.50. The molecule has 7 heteroatoms. The number of hydrogen-bond acceptors (Lipinski definition) is 3. The van der Waals surface area contributed by atoms with Crippen molar-refractivity contribution in [2.24, 2.45) is 0 Å². The fourth-order valence-corrected chi connectivity index (χ4v) is 1.32. The summed E-state index contributed by atoms with van der Waals surface area (Å²) in [5.41, 5.74) is -0.309. The van der Waals surface area contributed by atoms with Gasteiger partial charge in [0.05, 0.1) is 5.56 Å². The summed E-state index contributed by atoms with van der Waals surface area (Å²) in [4.78, 5) is 22.2. The summed E-state index contributed by atoms with van der Waals surface area (Å²) in [6, 6.07) is 6.59. The lowest BCUT2D eigenvalue weighted by molar-refractivity contribution is 0.0690. The van der Waals surface area contributed by atoms with E-state index in [2.05, 4.69) is 15.5 Å². The van der Waals surface area contributed by atoms with E-state index in [1.165, 1.54) is 18.2 Å². The molecule has 1 aromatic carbocycles. The maximum atomic E-state index is 13.3. The molecule has 3 N–H and O–H groups in total. The van der Waals surface area contributed by atoms with E-state index >= 15 is 0 Å². The van der Waals surface area contributed by atoms with E-state index < -0.39 is 17.7 Å². The Kier molecular flexibility index (Phi) is 3.05. The highest BCUT2D eigenvalue weighted by Crippen LogP contribution is 2.10. The van der Waals surface area contributed by atoms with Crippen LogP contribution in [0.4, 0.5) is 10.2 Å². The number of aromatic amines is 1. The van der Waals surface area contributed by atoms with Crippen LogP contribution in [0.2, 0.25) is 0 Å². The summed E-state index contributed by atoms with van der Waals surface area (Å²) in [6.45, 7) is 0. The average Bonchev–Trinajstić information content (AvgIpc) is 2.78. The number of aromatic carboxylic acids is 1. The number of aromatic nitrogens is 2. The zero-order valence-electron chi connectivity index (χ0n) is 8.98. The normalized spacial score (nSPS) is 10.1. The van der Waals surface area contributed by atoms with Crippen molar-refractivity contribution in [3.05, 3.63) is 47.4 Å². The first kappa shape index (κ1) is 11.8. The molecule has 0 aliphatic heterocycles. The first-order valence-electron chi connectivity index (χ1n) is 4.92. The van der Waals surface area contributed by atoms with Crippen molar-refractivity contribution in [3.8, 4) is 0 Å². The molecule has 0 fully saturated rings. The molecule has 0 aliphatic carbocycles. The standard InChI is InChI=1S/C11H8FN3O3/c12-7-4-2-1-3-6(7)10(16)13-9-5-8(11(17)18)14-15-9/h1-5H,(H,17,18)(H2,13,14,15,16). The lowest BCUT2D eigenvalue weighted by atomic mass is 10.2. The Hall–Kier alpha value is -2.70. The maximum absolute atomic E-state index is 13.3. The van der Waals surface area contributed by atoms with E-state index in [1.807, 2.05) is 0 Å². The van der Waals surface area contributed by atoms with Crippen LogP contribution in [0.1, 0.15) is 20.8 Å². The fraction of sp³-hybridized carbons (Fsp3) is 0. The molecule has 0 aliphatic rings. The van der Waals surface area contributed by atoms with Gasteiger partial charge >= 0.3 is 5.97 Å². The molecule has 0 unspecified atom stereocenters. The topological polar surface area (TPSA) is 95.1 Å². The number of benzene rings is 1. The minimum atomic E-state index is -1.20. The van der Waals surface area contributed by atoms with Gasteiger partial charge in [0.25, 0.3) is 5.91 Å². The Morgan fingerprint density at radius 1 is 1.33 bits per heavy atom. The zero-order chi connectivity index (χ0) is 13.1. The van der Waals surface area contributed by atoms with Gasteiger partial charge in [-0.05, 0) is 12.1 Å². The summed E-state index contributed by atoms with van der Waals surface area (Å²) in [6.07, 6.45) is 0. The largest absolute Gasteiger partial charge is 0.477 e. The Bertz CT molecular complexity index is 609. The molecular formula is C11H8FN3O3. The number of carbonyl (C=O) groups excluding carboxylic acids is 1. The monoisotopic (exact) mass is 249 g/mol. The average molecular weight is 249 g/mol. The summed E-state index contributed by atoms with van der Waals surface area (Å²) in [5.74, 6) is -2.55. The van der Waals surface area contributed by atoms with Crippen LogP contribution >= 0.6 is 0 Å². The second-order valence-electron chi connectivity index (χ2n) is 3.41. The van der Waals surface area contributed by atoms with E-state index in [-0.39, 0.29) is 17.1 Å². The van der Waals surface area contributed by atoms with Crippen molar-refractivity contribution in [3.63, 3.8) is 0 Å². The van der Waals surface area contributed by atoms with Gasteiger partial charge in [0.2, 0.25) is 0 Å². The van der Waals surface area contributed by atoms with Crippen molar-refractivity contribution in [1.82, 2.24) is 10.2 Å². The molecule has 0 saturated heterocycles. The van der Waals surface area contributed by atoms with Gasteiger partial charge in [0.1, 0.15) is 11.5 Å². The number of rotatable bonds is 3. The van der Waals surface area contributed by atoms with Gasteiger partial charge < -0.3 is 10.4 Å². The zero-order valence-corrected chi connectivity index (χ0v) is 8.98. The number of halogens is 1. The minimum absolute atomic E-state index is 0.0145. The third-order valence-electron chi connectivity index (χ3n) is 2.17. The van der Waals surface area contributed by atoms with Crippen LogP contribution in [0.5, 0.6) is 0 Å². The molecule has 1 amide bonds. The quantitative estimate of drug-likeness (QED) is 0.768. The van der Waals surface area contributed by atoms with E-state index in [0.29, 0.717) is 0 Å². The van der Waals surface area contributed by atoms with Crippen LogP contribution in [0.3, 0.4) is 0 Å². The molecule has 18 heavy (non-hydrogen) atoms. The summed E-state index contributed by atoms with van der Waals surface area (Å²) in [5, 5.41) is 16.7. The van der Waals surface area contributed by atoms with Crippen LogP contribution in [-0.2, 0) is 0 Å². The molecular weight excluding hydrogens is 241 g/mol. The molecule has 1 aromatic heterocycles. The molecule has 0 radical (unpaired) electrons. The molecule has 2 aromatic rings. The highest BCUT2D eigenvalue weighted by Gasteiger charge is 2.14. The second kappa shape index (κ2) is 4.66. The predicted molar refractivity (Wildman–Crippen MR) is 59.9 cm³/mol. The number of nitrogens with one attached hydrogen (secondary N) is 2. The van der Waals surface area contributed by atoms with Crippen molar-refractivity contribution in [2.45, 2.75) is 0 Å². The number of amides is 1. The highest BCUT2D eigenvalue weighted by molar-refractivity contribution is 6.04. The van der Waals surface area contributed by atoms with Crippen LogP contribution < -0.4 is 5.32 Å². The van der Waals surface area contributed by atoms with Crippen molar-refractivity contribution >= 4 is 17.7 Å². The second-order valence-corrected chi connectivity index (χ2v) is 3.41. The summed E-state index contributed by atoms with van der Waals surface area (Å²) in [7, 11) is 0. The maximum Gasteiger partial charge on any atom is 0.353 e. The van der Waals surface area contributed by atoms with Crippen molar-refractivity contribution in [2.75, 3.05) is 5.32 Å². The Balaban J connectivity index is 2.16. The smallest absolute Gasteiger partial charge is 0.353 e. The first-order chi connectivity index (χ1) is 8.58. The van der Waals surface area contributed by atoms with Crippen LogP contribution in [0.15, 0.2) is 30.3 Å². The highest BCUT2D eigenvalue weighted by atomic mass is 19.1. The minimum Gasteiger partial charge on any atom is -0.477 e. The number of hydrogen-bond donors (Lipinski definition) is 3. The third-order valence-corrected chi connectivity index (χ3v) is 2.17. The van der Waals surface area contributed by atoms with Gasteiger partial charge in [0, 0.05) is 6.07 Å². The van der Waals surface area contributed by atoms with Crippen molar-refractivity contribution in [1.29, 1.82) is 0 Å². The number of carbonyl (C=O) groups is 2. The number of anilines is 1. The lowest BCUT2D eigenvalue weighted by Gasteiger charge is -2.02. The van der Waals surface area contributed by atoms with Gasteiger partial charge in [-0.15, -0.1) is 0 Å². The molecule has 0 bridgehead atoms. The van der Waals surface area contributed by atoms with E-state index in [1.54, 1.807) is 0 Å². The Morgan fingerprint density at radius 2 is 2.06 bits per heavy atom. The number of carboxylic acids is 1. The van der Waals surface area contributed by atoms with Crippen LogP contribution in [0, 0.1) is 5.82 Å². The van der Waals surface area contributed by atoms with Gasteiger partial charge in [-0.2, -0.15) is 5.10 Å². The van der Waals surface area contributed by atoms with E-state index in [9.17, 15) is 14.0 Å². The Morgan fingerprint density at radius 3 is 2.67 bits per heavy atom. The van der Waals surface area contributed by atoms with E-state index in [4.69, 9.17) is 5.11 Å². The fourth-order valence-electron chi connectivity index (χ4n) is 1.32. The summed E-state index contributed by atoms with van der Waals surface area (Å²) >= 11 is 0. The van der Waals surface area contributed by atoms with Crippen molar-refractivity contribution < 1.29 is 19.1 Å². The molecule has 0 saturated carbocycles. The number of nitrogens with zero attached hydrogens (tertiary/aromatic N) is 1. The molecule has 2 rings (SSSR count). The lowest BCUT2D eigenvalue weighted by Crippen LogP contribution is -2.13. The van der Waals surface area contributed by atoms with Crippen LogP contribution in [-0.4, -0.2) is 27.2 Å². The van der Waals surface area contributed by atoms with Gasteiger partial charge in [0.15, 0.2) is 5.82 Å². The summed E-state index contributed by atoms with van der Waals surface area (Å²) < 4.78 is 13.3. The van der Waals surface area contributed by atoms with Gasteiger partial charge in [-0.25, -0.2) is 9.18 Å². The Labute approximate surface area is 100 Å². The van der Waals surface area contributed by atoms with Crippen LogP contribution in [0.25, 0.3) is 0 Å².